The van der Waals surface area contributed by atoms with Crippen LogP contribution in [0.5, 0.6) is 0 Å². The fraction of sp³-hybridized carbons (Fsp3) is 0.0500. The predicted octanol–water partition coefficient (Wildman–Crippen LogP) is 9.65. The number of benzene rings is 5. The van der Waals surface area contributed by atoms with E-state index in [2.05, 4.69) is 16.0 Å². The van der Waals surface area contributed by atoms with Gasteiger partial charge in [-0.1, -0.05) is 109 Å². The first kappa shape index (κ1) is 34.4. The number of carbonyl (C=O) groups excluding carboxylic acids is 3. The van der Waals surface area contributed by atoms with Crippen LogP contribution in [0.25, 0.3) is 17.3 Å². The first-order valence-electron chi connectivity index (χ1n) is 15.6. The molecule has 0 radical (unpaired) electrons. The number of anilines is 2. The molecule has 0 aliphatic carbocycles. The number of rotatable bonds is 11. The maximum absolute atomic E-state index is 13.8. The van der Waals surface area contributed by atoms with Crippen molar-refractivity contribution in [2.24, 2.45) is 0 Å². The molecule has 0 saturated heterocycles. The summed E-state index contributed by atoms with van der Waals surface area (Å²) in [5.41, 5.74) is 4.20. The normalized spacial score (nSPS) is 11.8. The Balaban J connectivity index is 1.18. The van der Waals surface area contributed by atoms with Crippen molar-refractivity contribution in [2.45, 2.75) is 17.1 Å². The van der Waals surface area contributed by atoms with Crippen LogP contribution in [0.4, 0.5) is 10.8 Å². The maximum Gasteiger partial charge on any atom is 0.272 e. The Labute approximate surface area is 303 Å². The second kappa shape index (κ2) is 16.3. The lowest BCUT2D eigenvalue weighted by Crippen LogP contribution is -2.30. The summed E-state index contributed by atoms with van der Waals surface area (Å²) in [6.45, 7) is 1.99. The highest BCUT2D eigenvalue weighted by Gasteiger charge is 2.24. The van der Waals surface area contributed by atoms with Crippen LogP contribution in [0, 0.1) is 6.92 Å². The van der Waals surface area contributed by atoms with E-state index in [9.17, 15) is 14.4 Å². The molecule has 0 fully saturated rings. The lowest BCUT2D eigenvalue weighted by atomic mass is 10.1. The minimum Gasteiger partial charge on any atom is -0.321 e. The number of nitrogens with zero attached hydrogens (tertiary/aromatic N) is 1. The molecule has 248 valence electrons. The first-order chi connectivity index (χ1) is 24.3. The standard InChI is InChI=1S/C40H31ClN4O3S2/c1-26-35(27-13-5-2-6-14-27)44-40(49-26)45-39(48)36(28-15-7-3-8-16-28)50-32-23-21-31(22-24-32)42-38(47)34(25-30-19-11-12-20-33(30)41)43-37(46)29-17-9-4-10-18-29/h2-25,36H,1H3,(H,42,47)(H,43,46)(H,44,45,48)/b34-25-. The molecule has 6 aromatic rings. The van der Waals surface area contributed by atoms with Crippen molar-refractivity contribution in [3.05, 3.63) is 172 Å². The molecule has 0 saturated carbocycles. The molecule has 0 bridgehead atoms. The van der Waals surface area contributed by atoms with Crippen molar-refractivity contribution in [1.29, 1.82) is 0 Å². The van der Waals surface area contributed by atoms with E-state index in [0.29, 0.717) is 27.0 Å². The second-order valence-corrected chi connectivity index (χ2v) is 13.9. The smallest absolute Gasteiger partial charge is 0.272 e. The molecule has 3 amide bonds. The van der Waals surface area contributed by atoms with Gasteiger partial charge in [0.25, 0.3) is 11.8 Å². The van der Waals surface area contributed by atoms with E-state index in [1.165, 1.54) is 23.1 Å². The Morgan fingerprint density at radius 3 is 2.06 bits per heavy atom. The van der Waals surface area contributed by atoms with Gasteiger partial charge in [-0.25, -0.2) is 4.98 Å². The van der Waals surface area contributed by atoms with Crippen molar-refractivity contribution in [2.75, 3.05) is 10.6 Å². The molecule has 6 rings (SSSR count). The van der Waals surface area contributed by atoms with Gasteiger partial charge in [0.05, 0.1) is 5.69 Å². The van der Waals surface area contributed by atoms with Crippen LogP contribution in [-0.2, 0) is 9.59 Å². The van der Waals surface area contributed by atoms with E-state index in [1.54, 1.807) is 66.7 Å². The quantitative estimate of drug-likeness (QED) is 0.0917. The van der Waals surface area contributed by atoms with Gasteiger partial charge in [0.15, 0.2) is 5.13 Å². The summed E-state index contributed by atoms with van der Waals surface area (Å²) in [7, 11) is 0. The van der Waals surface area contributed by atoms with E-state index < -0.39 is 17.1 Å². The zero-order chi connectivity index (χ0) is 34.9. The van der Waals surface area contributed by atoms with Gasteiger partial charge in [0.1, 0.15) is 10.9 Å². The van der Waals surface area contributed by atoms with Crippen LogP contribution in [-0.4, -0.2) is 22.7 Å². The van der Waals surface area contributed by atoms with E-state index in [1.807, 2.05) is 85.8 Å². The summed E-state index contributed by atoms with van der Waals surface area (Å²) in [6, 6.07) is 42.3. The van der Waals surface area contributed by atoms with Gasteiger partial charge in [-0.05, 0) is 66.6 Å². The number of nitrogens with one attached hydrogen (secondary N) is 3. The Kier molecular flexibility index (Phi) is 11.2. The average Bonchev–Trinajstić information content (AvgIpc) is 3.52. The fourth-order valence-electron chi connectivity index (χ4n) is 5.03. The lowest BCUT2D eigenvalue weighted by Gasteiger charge is -2.17. The highest BCUT2D eigenvalue weighted by molar-refractivity contribution is 8.00. The van der Waals surface area contributed by atoms with Crippen LogP contribution in [0.3, 0.4) is 0 Å². The predicted molar refractivity (Wildman–Crippen MR) is 204 cm³/mol. The lowest BCUT2D eigenvalue weighted by molar-refractivity contribution is -0.116. The molecule has 10 heteroatoms. The summed E-state index contributed by atoms with van der Waals surface area (Å²) in [5.74, 6) is -1.15. The zero-order valence-electron chi connectivity index (χ0n) is 26.8. The molecule has 1 aromatic heterocycles. The van der Waals surface area contributed by atoms with Crippen molar-refractivity contribution >= 4 is 69.3 Å². The van der Waals surface area contributed by atoms with Crippen LogP contribution < -0.4 is 16.0 Å². The van der Waals surface area contributed by atoms with Gasteiger partial charge < -0.3 is 16.0 Å². The highest BCUT2D eigenvalue weighted by Crippen LogP contribution is 2.38. The molecule has 1 heterocycles. The Morgan fingerprint density at radius 1 is 0.760 bits per heavy atom. The highest BCUT2D eigenvalue weighted by atomic mass is 35.5. The van der Waals surface area contributed by atoms with Crippen LogP contribution in [0.2, 0.25) is 5.02 Å². The SMILES string of the molecule is Cc1sc(NC(=O)C(Sc2ccc(NC(=O)/C(=C/c3ccccc3Cl)NC(=O)c3ccccc3)cc2)c2ccccc2)nc1-c1ccccc1. The van der Waals surface area contributed by atoms with Crippen LogP contribution in [0.15, 0.2) is 150 Å². The number of aryl methyl sites for hydroxylation is 1. The van der Waals surface area contributed by atoms with Crippen molar-refractivity contribution < 1.29 is 14.4 Å². The van der Waals surface area contributed by atoms with Crippen molar-refractivity contribution in [3.8, 4) is 11.3 Å². The van der Waals surface area contributed by atoms with Gasteiger partial charge in [-0.15, -0.1) is 23.1 Å². The van der Waals surface area contributed by atoms with Gasteiger partial charge in [-0.2, -0.15) is 0 Å². The summed E-state index contributed by atoms with van der Waals surface area (Å²) in [6.07, 6.45) is 1.54. The topological polar surface area (TPSA) is 100 Å². The van der Waals surface area contributed by atoms with Gasteiger partial charge in [0.2, 0.25) is 5.91 Å². The molecule has 50 heavy (non-hydrogen) atoms. The van der Waals surface area contributed by atoms with Gasteiger partial charge in [-0.3, -0.25) is 14.4 Å². The largest absolute Gasteiger partial charge is 0.321 e. The Hall–Kier alpha value is -5.48. The molecule has 0 aliphatic rings. The molecule has 3 N–H and O–H groups in total. The zero-order valence-corrected chi connectivity index (χ0v) is 29.2. The number of hydrogen-bond acceptors (Lipinski definition) is 6. The maximum atomic E-state index is 13.8. The molecule has 1 atom stereocenters. The first-order valence-corrected chi connectivity index (χ1v) is 17.7. The van der Waals surface area contributed by atoms with E-state index in [-0.39, 0.29) is 11.6 Å². The number of halogens is 1. The van der Waals surface area contributed by atoms with Crippen molar-refractivity contribution in [3.63, 3.8) is 0 Å². The van der Waals surface area contributed by atoms with E-state index in [0.717, 1.165) is 26.6 Å². The summed E-state index contributed by atoms with van der Waals surface area (Å²) in [4.78, 5) is 46.8. The molecule has 5 aromatic carbocycles. The number of thioether (sulfide) groups is 1. The van der Waals surface area contributed by atoms with Crippen molar-refractivity contribution in [1.82, 2.24) is 10.3 Å². The number of carbonyl (C=O) groups is 3. The fourth-order valence-corrected chi connectivity index (χ4v) is 7.08. The molecular formula is C40H31ClN4O3S2. The minimum atomic E-state index is -0.570. The van der Waals surface area contributed by atoms with E-state index in [4.69, 9.17) is 16.6 Å². The molecule has 0 spiro atoms. The third-order valence-corrected chi connectivity index (χ3v) is 10.0. The summed E-state index contributed by atoms with van der Waals surface area (Å²) in [5, 5.41) is 9.03. The number of amides is 3. The Morgan fingerprint density at radius 2 is 1.38 bits per heavy atom. The summed E-state index contributed by atoms with van der Waals surface area (Å²) < 4.78 is 0. The minimum absolute atomic E-state index is 0.0269. The summed E-state index contributed by atoms with van der Waals surface area (Å²) >= 11 is 9.20. The number of aromatic nitrogens is 1. The third-order valence-electron chi connectivity index (χ3n) is 7.51. The molecule has 1 unspecified atom stereocenters. The average molecular weight is 715 g/mol. The Bertz CT molecular complexity index is 2140. The van der Waals surface area contributed by atoms with Gasteiger partial charge in [0, 0.05) is 31.6 Å². The second-order valence-electron chi connectivity index (χ2n) is 11.1. The van der Waals surface area contributed by atoms with E-state index >= 15 is 0 Å². The number of hydrogen-bond donors (Lipinski definition) is 3. The monoisotopic (exact) mass is 714 g/mol. The van der Waals surface area contributed by atoms with Crippen LogP contribution >= 0.6 is 34.7 Å². The van der Waals surface area contributed by atoms with Gasteiger partial charge >= 0.3 is 0 Å². The molecule has 7 nitrogen and oxygen atoms in total. The third kappa shape index (κ3) is 8.75. The number of thiazole rings is 1. The molecule has 0 aliphatic heterocycles. The van der Waals surface area contributed by atoms with Crippen LogP contribution in [0.1, 0.15) is 31.6 Å². The molecular weight excluding hydrogens is 684 g/mol.